The molecule has 1 aromatic heterocycles. The molecule has 2 N–H and O–H groups in total. The third-order valence-electron chi connectivity index (χ3n) is 15.5. The SMILES string of the molecule is CCCCCc1cc(OC)cc(-c2cc(OC)cc(CCCC)c2OP(Oc2ccc(C(C)CCCC)cc2)Oc2ccc(C(C)CCCC)cc2)c1Op1oc2c(CCCC)cc(CO)cc2c2cc(CO)cc(CCCC)c2o1. The minimum absolute atomic E-state index is 0.134. The largest absolute Gasteiger partial charge is 0.530 e. The maximum atomic E-state index is 10.7. The lowest BCUT2D eigenvalue weighted by atomic mass is 9.94. The van der Waals surface area contributed by atoms with Crippen LogP contribution in [0.2, 0.25) is 0 Å². The van der Waals surface area contributed by atoms with Crippen LogP contribution in [0.5, 0.6) is 34.5 Å². The van der Waals surface area contributed by atoms with Crippen molar-refractivity contribution in [2.45, 2.75) is 202 Å². The van der Waals surface area contributed by atoms with Crippen LogP contribution in [0.15, 0.2) is 105 Å². The Kier molecular flexibility index (Phi) is 25.1. The predicted octanol–water partition coefficient (Wildman–Crippen LogP) is 20.9. The molecule has 0 radical (unpaired) electrons. The van der Waals surface area contributed by atoms with Gasteiger partial charge in [0.2, 0.25) is 0 Å². The maximum absolute atomic E-state index is 10.7. The van der Waals surface area contributed by atoms with Crippen molar-refractivity contribution in [1.82, 2.24) is 0 Å². The highest BCUT2D eigenvalue weighted by Crippen LogP contribution is 2.53. The van der Waals surface area contributed by atoms with Gasteiger partial charge in [0.25, 0.3) is 0 Å². The van der Waals surface area contributed by atoms with Gasteiger partial charge in [-0.15, -0.1) is 0 Å². The molecular weight excluding hydrogens is 1050 g/mol. The van der Waals surface area contributed by atoms with Crippen LogP contribution in [0, 0.1) is 0 Å². The van der Waals surface area contributed by atoms with E-state index >= 15 is 0 Å². The van der Waals surface area contributed by atoms with E-state index in [2.05, 4.69) is 91.8 Å². The predicted molar refractivity (Wildman–Crippen MR) is 336 cm³/mol. The van der Waals surface area contributed by atoms with Crippen molar-refractivity contribution in [2.75, 3.05) is 14.2 Å². The highest BCUT2D eigenvalue weighted by molar-refractivity contribution is 7.43. The lowest BCUT2D eigenvalue weighted by Crippen LogP contribution is -2.06. The van der Waals surface area contributed by atoms with E-state index in [0.717, 1.165) is 140 Å². The zero-order valence-corrected chi connectivity index (χ0v) is 52.1. The minimum Gasteiger partial charge on any atom is -0.497 e. The molecule has 0 aliphatic rings. The molecular formula is C69H92O10P2. The summed E-state index contributed by atoms with van der Waals surface area (Å²) in [6, 6.07) is 33.0. The summed E-state index contributed by atoms with van der Waals surface area (Å²) in [6.45, 7) is 17.5. The van der Waals surface area contributed by atoms with Crippen LogP contribution in [0.4, 0.5) is 0 Å². The van der Waals surface area contributed by atoms with Crippen LogP contribution in [0.1, 0.15) is 208 Å². The van der Waals surface area contributed by atoms with E-state index in [0.29, 0.717) is 81.5 Å². The van der Waals surface area contributed by atoms with Crippen molar-refractivity contribution in [2.24, 2.45) is 0 Å². The Morgan fingerprint density at radius 1 is 0.444 bits per heavy atom. The quantitative estimate of drug-likeness (QED) is 0.0298. The van der Waals surface area contributed by atoms with Crippen molar-refractivity contribution >= 4 is 38.8 Å². The van der Waals surface area contributed by atoms with Gasteiger partial charge in [0.15, 0.2) is 0 Å². The van der Waals surface area contributed by atoms with Crippen LogP contribution in [0.25, 0.3) is 33.1 Å². The fraction of sp³-hybridized carbons (Fsp3) is 0.478. The molecule has 7 rings (SSSR count). The monoisotopic (exact) mass is 1140 g/mol. The third-order valence-corrected chi connectivity index (χ3v) is 17.5. The van der Waals surface area contributed by atoms with E-state index < -0.39 is 16.8 Å². The third kappa shape index (κ3) is 17.0. The Hall–Kier alpha value is -5.63. The molecule has 0 aliphatic carbocycles. The van der Waals surface area contributed by atoms with Gasteiger partial charge in [-0.25, -0.2) is 0 Å². The molecule has 0 amide bonds. The molecule has 1 heterocycles. The Labute approximate surface area is 486 Å². The number of benzene rings is 6. The summed E-state index contributed by atoms with van der Waals surface area (Å²) < 4.78 is 55.5. The molecule has 2 unspecified atom stereocenters. The first kappa shape index (κ1) is 63.0. The molecule has 81 heavy (non-hydrogen) atoms. The topological polar surface area (TPSA) is 122 Å². The van der Waals surface area contributed by atoms with Gasteiger partial charge in [0.1, 0.15) is 45.7 Å². The molecule has 0 aliphatic heterocycles. The Morgan fingerprint density at radius 3 is 1.27 bits per heavy atom. The number of hydrogen-bond donors (Lipinski definition) is 2. The van der Waals surface area contributed by atoms with Crippen LogP contribution in [-0.2, 0) is 38.9 Å². The van der Waals surface area contributed by atoms with Gasteiger partial charge < -0.3 is 46.2 Å². The molecule has 0 saturated heterocycles. The average Bonchev–Trinajstić information content (AvgIpc) is 3.96. The Morgan fingerprint density at radius 2 is 0.852 bits per heavy atom. The number of methoxy groups -OCH3 is 2. The van der Waals surface area contributed by atoms with Crippen LogP contribution >= 0.6 is 16.8 Å². The van der Waals surface area contributed by atoms with E-state index in [4.69, 9.17) is 36.0 Å². The van der Waals surface area contributed by atoms with E-state index in [9.17, 15) is 10.2 Å². The summed E-state index contributed by atoms with van der Waals surface area (Å²) in [6.07, 6.45) is 18.3. The highest BCUT2D eigenvalue weighted by atomic mass is 31.2. The van der Waals surface area contributed by atoms with E-state index in [1.54, 1.807) is 14.2 Å². The number of ether oxygens (including phenoxy) is 2. The molecule has 6 aromatic carbocycles. The zero-order chi connectivity index (χ0) is 57.7. The molecule has 10 nitrogen and oxygen atoms in total. The average molecular weight is 1140 g/mol. The van der Waals surface area contributed by atoms with Crippen molar-refractivity contribution in [3.05, 3.63) is 142 Å². The first-order valence-electron chi connectivity index (χ1n) is 30.4. The summed E-state index contributed by atoms with van der Waals surface area (Å²) in [7, 11) is -0.973. The Balaban J connectivity index is 1.49. The van der Waals surface area contributed by atoms with E-state index in [-0.39, 0.29) is 13.2 Å². The molecule has 0 bridgehead atoms. The zero-order valence-electron chi connectivity index (χ0n) is 50.3. The summed E-state index contributed by atoms with van der Waals surface area (Å²) in [4.78, 5) is 0. The number of fused-ring (bicyclic) bond motifs is 3. The van der Waals surface area contributed by atoms with Gasteiger partial charge in [-0.3, -0.25) is 0 Å². The number of aliphatic hydroxyl groups excluding tert-OH is 2. The van der Waals surface area contributed by atoms with Crippen LogP contribution < -0.4 is 27.6 Å². The molecule has 7 aromatic rings. The molecule has 438 valence electrons. The van der Waals surface area contributed by atoms with Gasteiger partial charge in [-0.1, -0.05) is 137 Å². The number of hydrogen-bond acceptors (Lipinski definition) is 10. The molecule has 0 saturated carbocycles. The Bertz CT molecular complexity index is 2960. The van der Waals surface area contributed by atoms with Gasteiger partial charge in [0, 0.05) is 21.9 Å². The van der Waals surface area contributed by atoms with Gasteiger partial charge >= 0.3 is 16.8 Å². The number of aryl methyl sites for hydroxylation is 4. The summed E-state index contributed by atoms with van der Waals surface area (Å²) in [5.74, 6) is 4.62. The molecule has 12 heteroatoms. The normalized spacial score (nSPS) is 12.6. The lowest BCUT2D eigenvalue weighted by Gasteiger charge is -2.24. The second kappa shape index (κ2) is 32.3. The van der Waals surface area contributed by atoms with Crippen molar-refractivity contribution < 1.29 is 46.2 Å². The molecule has 0 fully saturated rings. The number of aliphatic hydroxyl groups is 2. The second-order valence-corrected chi connectivity index (χ2v) is 23.9. The van der Waals surface area contributed by atoms with Gasteiger partial charge in [0.05, 0.1) is 27.4 Å². The van der Waals surface area contributed by atoms with Crippen LogP contribution in [-0.4, -0.2) is 24.4 Å². The van der Waals surface area contributed by atoms with Gasteiger partial charge in [-0.2, -0.15) is 0 Å². The molecule has 2 atom stereocenters. The standard InChI is InChI=1S/C69H92O10P2/c1-11-17-23-29-57-43-61(73-10)45-65(69(57)79-81-77-66-54(26-20-14-4)38-50(46-70)40-62(66)63-41-51(47-71)39-55(27-21-15-5)67(63)78-81)64-44-60(72-9)42-56(28-22-16-6)68(64)76-80(74-58-34-30-52(31-35-58)48(7)24-18-12-2)75-59-36-32-53(33-37-59)49(8)25-19-13-3/h30-45,48-49,70-71H,11-29,46-47H2,1-10H3. The van der Waals surface area contributed by atoms with Crippen LogP contribution in [0.3, 0.4) is 0 Å². The number of unbranched alkanes of at least 4 members (excludes halogenated alkanes) is 7. The smallest absolute Gasteiger partial charge is 0.497 e. The van der Waals surface area contributed by atoms with E-state index in [1.165, 1.54) is 24.0 Å². The second-order valence-electron chi connectivity index (χ2n) is 21.9. The first-order chi connectivity index (χ1) is 39.5. The summed E-state index contributed by atoms with van der Waals surface area (Å²) in [5, 5.41) is 23.0. The lowest BCUT2D eigenvalue weighted by molar-refractivity contribution is 0.281. The highest BCUT2D eigenvalue weighted by Gasteiger charge is 2.29. The fourth-order valence-electron chi connectivity index (χ4n) is 10.5. The fourth-order valence-corrected chi connectivity index (χ4v) is 12.8. The van der Waals surface area contributed by atoms with Crippen molar-refractivity contribution in [1.29, 1.82) is 0 Å². The maximum Gasteiger partial charge on any atom is 0.530 e. The number of rotatable bonds is 34. The molecule has 0 spiro atoms. The first-order valence-corrected chi connectivity index (χ1v) is 32.5. The summed E-state index contributed by atoms with van der Waals surface area (Å²) >= 11 is 0. The van der Waals surface area contributed by atoms with E-state index in [1.807, 2.05) is 60.7 Å². The van der Waals surface area contributed by atoms with Gasteiger partial charge in [-0.05, 0) is 193 Å². The van der Waals surface area contributed by atoms with Crippen molar-refractivity contribution in [3.63, 3.8) is 0 Å². The van der Waals surface area contributed by atoms with Crippen molar-refractivity contribution in [3.8, 4) is 45.6 Å². The summed E-state index contributed by atoms with van der Waals surface area (Å²) in [5.41, 5.74) is 10.6. The minimum atomic E-state index is -2.22.